The standard InChI is InChI=1S/C20H21N3O/c1-14-6-8-15(9-7-14)12-21-20(24)23-11-10-17-16-4-2-3-5-18(16)22-19(17)13-23/h2-9,22H,10-13H2,1H3,(H,21,24). The molecular weight excluding hydrogens is 298 g/mol. The van der Waals surface area contributed by atoms with Gasteiger partial charge in [-0.15, -0.1) is 0 Å². The van der Waals surface area contributed by atoms with E-state index in [9.17, 15) is 4.79 Å². The van der Waals surface area contributed by atoms with Gasteiger partial charge in [-0.25, -0.2) is 4.79 Å². The van der Waals surface area contributed by atoms with Gasteiger partial charge in [0.05, 0.1) is 6.54 Å². The molecule has 2 aromatic carbocycles. The number of aryl methyl sites for hydroxylation is 1. The average molecular weight is 319 g/mol. The number of hydrogen-bond acceptors (Lipinski definition) is 1. The molecule has 0 unspecified atom stereocenters. The third kappa shape index (κ3) is 2.75. The number of benzene rings is 2. The van der Waals surface area contributed by atoms with Crippen LogP contribution in [-0.2, 0) is 19.5 Å². The Morgan fingerprint density at radius 2 is 1.96 bits per heavy atom. The Kier molecular flexibility index (Phi) is 3.73. The molecular formula is C20H21N3O. The molecule has 0 saturated heterocycles. The van der Waals surface area contributed by atoms with Crippen LogP contribution in [0.1, 0.15) is 22.4 Å². The number of hydrogen-bond donors (Lipinski definition) is 2. The van der Waals surface area contributed by atoms with Crippen molar-refractivity contribution in [2.45, 2.75) is 26.4 Å². The lowest BCUT2D eigenvalue weighted by atomic mass is 10.0. The summed E-state index contributed by atoms with van der Waals surface area (Å²) in [7, 11) is 0. The third-order valence-corrected chi connectivity index (χ3v) is 4.73. The lowest BCUT2D eigenvalue weighted by molar-refractivity contribution is 0.191. The van der Waals surface area contributed by atoms with Crippen molar-refractivity contribution >= 4 is 16.9 Å². The van der Waals surface area contributed by atoms with Crippen molar-refractivity contribution in [2.24, 2.45) is 0 Å². The minimum atomic E-state index is -0.000110. The van der Waals surface area contributed by atoms with Crippen LogP contribution in [-0.4, -0.2) is 22.5 Å². The van der Waals surface area contributed by atoms with Gasteiger partial charge in [0.1, 0.15) is 0 Å². The van der Waals surface area contributed by atoms with Crippen LogP contribution in [0, 0.1) is 6.92 Å². The maximum Gasteiger partial charge on any atom is 0.318 e. The van der Waals surface area contributed by atoms with E-state index in [4.69, 9.17) is 0 Å². The number of amides is 2. The number of carbonyl (C=O) groups excluding carboxylic acids is 1. The van der Waals surface area contributed by atoms with Crippen LogP contribution in [0.2, 0.25) is 0 Å². The van der Waals surface area contributed by atoms with Crippen LogP contribution in [0.4, 0.5) is 4.79 Å². The molecule has 4 heteroatoms. The molecule has 24 heavy (non-hydrogen) atoms. The van der Waals surface area contributed by atoms with Gasteiger partial charge >= 0.3 is 6.03 Å². The fourth-order valence-electron chi connectivity index (χ4n) is 3.36. The molecule has 0 aliphatic carbocycles. The number of carbonyl (C=O) groups is 1. The summed E-state index contributed by atoms with van der Waals surface area (Å²) in [6, 6.07) is 16.6. The van der Waals surface area contributed by atoms with E-state index in [1.54, 1.807) is 0 Å². The monoisotopic (exact) mass is 319 g/mol. The predicted octanol–water partition coefficient (Wildman–Crippen LogP) is 3.74. The molecule has 1 aromatic heterocycles. The summed E-state index contributed by atoms with van der Waals surface area (Å²) in [4.78, 5) is 17.8. The highest BCUT2D eigenvalue weighted by molar-refractivity contribution is 5.85. The number of para-hydroxylation sites is 1. The van der Waals surface area contributed by atoms with Crippen molar-refractivity contribution in [3.05, 3.63) is 70.9 Å². The van der Waals surface area contributed by atoms with E-state index in [1.165, 1.54) is 16.5 Å². The molecule has 4 nitrogen and oxygen atoms in total. The lowest BCUT2D eigenvalue weighted by Gasteiger charge is -2.27. The normalized spacial score (nSPS) is 13.8. The van der Waals surface area contributed by atoms with E-state index in [0.29, 0.717) is 13.1 Å². The largest absolute Gasteiger partial charge is 0.357 e. The quantitative estimate of drug-likeness (QED) is 0.742. The molecule has 122 valence electrons. The van der Waals surface area contributed by atoms with Crippen LogP contribution in [0.5, 0.6) is 0 Å². The molecule has 0 bridgehead atoms. The summed E-state index contributed by atoms with van der Waals surface area (Å²) in [6.45, 7) is 4.03. The first-order chi connectivity index (χ1) is 11.7. The van der Waals surface area contributed by atoms with Gasteiger partial charge in [0.25, 0.3) is 0 Å². The minimum Gasteiger partial charge on any atom is -0.357 e. The maximum absolute atomic E-state index is 12.5. The van der Waals surface area contributed by atoms with Crippen molar-refractivity contribution < 1.29 is 4.79 Å². The second-order valence-electron chi connectivity index (χ2n) is 6.44. The van der Waals surface area contributed by atoms with Gasteiger partial charge in [-0.05, 0) is 30.5 Å². The number of aromatic amines is 1. The Morgan fingerprint density at radius 1 is 1.17 bits per heavy atom. The number of H-pyrrole nitrogens is 1. The zero-order valence-electron chi connectivity index (χ0n) is 13.8. The van der Waals surface area contributed by atoms with Crippen LogP contribution >= 0.6 is 0 Å². The molecule has 0 fully saturated rings. The van der Waals surface area contributed by atoms with Crippen molar-refractivity contribution in [3.8, 4) is 0 Å². The maximum atomic E-state index is 12.5. The molecule has 3 aromatic rings. The first-order valence-electron chi connectivity index (χ1n) is 8.37. The number of aromatic nitrogens is 1. The Morgan fingerprint density at radius 3 is 2.79 bits per heavy atom. The minimum absolute atomic E-state index is 0.000110. The predicted molar refractivity (Wildman–Crippen MR) is 95.8 cm³/mol. The van der Waals surface area contributed by atoms with Gasteiger partial charge in [0.15, 0.2) is 0 Å². The molecule has 2 N–H and O–H groups in total. The average Bonchev–Trinajstić information content (AvgIpc) is 2.98. The third-order valence-electron chi connectivity index (χ3n) is 4.73. The summed E-state index contributed by atoms with van der Waals surface area (Å²) in [5.41, 5.74) is 6.02. The number of fused-ring (bicyclic) bond motifs is 3. The highest BCUT2D eigenvalue weighted by atomic mass is 16.2. The lowest BCUT2D eigenvalue weighted by Crippen LogP contribution is -2.42. The van der Waals surface area contributed by atoms with Crippen LogP contribution < -0.4 is 5.32 Å². The molecule has 1 aliphatic rings. The highest BCUT2D eigenvalue weighted by Gasteiger charge is 2.23. The molecule has 0 radical (unpaired) electrons. The molecule has 4 rings (SSSR count). The Bertz CT molecular complexity index is 880. The second-order valence-corrected chi connectivity index (χ2v) is 6.44. The molecule has 1 aliphatic heterocycles. The number of nitrogens with zero attached hydrogens (tertiary/aromatic N) is 1. The van der Waals surface area contributed by atoms with Gasteiger partial charge < -0.3 is 15.2 Å². The molecule has 2 heterocycles. The second kappa shape index (κ2) is 6.04. The number of nitrogens with one attached hydrogen (secondary N) is 2. The van der Waals surface area contributed by atoms with Gasteiger partial charge in [-0.2, -0.15) is 0 Å². The zero-order chi connectivity index (χ0) is 16.5. The Labute approximate surface area is 141 Å². The van der Waals surface area contributed by atoms with Gasteiger partial charge in [-0.1, -0.05) is 48.0 Å². The van der Waals surface area contributed by atoms with E-state index >= 15 is 0 Å². The smallest absolute Gasteiger partial charge is 0.318 e. The first-order valence-corrected chi connectivity index (χ1v) is 8.37. The zero-order valence-corrected chi connectivity index (χ0v) is 13.8. The Balaban J connectivity index is 1.44. The van der Waals surface area contributed by atoms with E-state index in [1.807, 2.05) is 11.0 Å². The Hall–Kier alpha value is -2.75. The van der Waals surface area contributed by atoms with E-state index < -0.39 is 0 Å². The summed E-state index contributed by atoms with van der Waals surface area (Å²) in [6.07, 6.45) is 0.900. The van der Waals surface area contributed by atoms with E-state index in [0.717, 1.165) is 29.7 Å². The van der Waals surface area contributed by atoms with Crippen LogP contribution in [0.15, 0.2) is 48.5 Å². The molecule has 0 saturated carbocycles. The van der Waals surface area contributed by atoms with Crippen molar-refractivity contribution in [1.82, 2.24) is 15.2 Å². The number of rotatable bonds is 2. The number of urea groups is 1. The molecule has 0 spiro atoms. The van der Waals surface area contributed by atoms with Gasteiger partial charge in [0.2, 0.25) is 0 Å². The van der Waals surface area contributed by atoms with E-state index in [2.05, 4.69) is 59.7 Å². The first kappa shape index (κ1) is 14.8. The molecule has 0 atom stereocenters. The fraction of sp³-hybridized carbons (Fsp3) is 0.250. The SMILES string of the molecule is Cc1ccc(CNC(=O)N2CCc3c([nH]c4ccccc34)C2)cc1. The summed E-state index contributed by atoms with van der Waals surface area (Å²) in [5, 5.41) is 4.31. The molecule has 2 amide bonds. The summed E-state index contributed by atoms with van der Waals surface area (Å²) < 4.78 is 0. The van der Waals surface area contributed by atoms with Gasteiger partial charge in [0, 0.05) is 29.7 Å². The van der Waals surface area contributed by atoms with Crippen molar-refractivity contribution in [2.75, 3.05) is 6.54 Å². The summed E-state index contributed by atoms with van der Waals surface area (Å²) in [5.74, 6) is 0. The highest BCUT2D eigenvalue weighted by Crippen LogP contribution is 2.27. The van der Waals surface area contributed by atoms with Crippen LogP contribution in [0.25, 0.3) is 10.9 Å². The fourth-order valence-corrected chi connectivity index (χ4v) is 3.36. The van der Waals surface area contributed by atoms with Crippen molar-refractivity contribution in [3.63, 3.8) is 0 Å². The van der Waals surface area contributed by atoms with Crippen molar-refractivity contribution in [1.29, 1.82) is 0 Å². The van der Waals surface area contributed by atoms with Crippen LogP contribution in [0.3, 0.4) is 0 Å². The topological polar surface area (TPSA) is 48.1 Å². The van der Waals surface area contributed by atoms with E-state index in [-0.39, 0.29) is 6.03 Å². The summed E-state index contributed by atoms with van der Waals surface area (Å²) >= 11 is 0. The van der Waals surface area contributed by atoms with Gasteiger partial charge in [-0.3, -0.25) is 0 Å².